The van der Waals surface area contributed by atoms with Crippen LogP contribution >= 0.6 is 11.6 Å². The number of amides is 2. The first-order valence-corrected chi connectivity index (χ1v) is 18.1. The molecule has 18 heteroatoms. The molecule has 13 nitrogen and oxygen atoms in total. The highest BCUT2D eigenvalue weighted by molar-refractivity contribution is 7.90. The van der Waals surface area contributed by atoms with Crippen LogP contribution in [0.1, 0.15) is 83.5 Å². The van der Waals surface area contributed by atoms with Crippen LogP contribution in [0.3, 0.4) is 0 Å². The van der Waals surface area contributed by atoms with Crippen molar-refractivity contribution in [2.24, 2.45) is 11.3 Å². The Kier molecular flexibility index (Phi) is 10.2. The molecule has 1 unspecified atom stereocenters. The Labute approximate surface area is 293 Å². The molecule has 0 spiro atoms. The van der Waals surface area contributed by atoms with E-state index in [0.29, 0.717) is 19.5 Å². The zero-order chi connectivity index (χ0) is 36.7. The van der Waals surface area contributed by atoms with Crippen LogP contribution in [-0.2, 0) is 21.3 Å². The van der Waals surface area contributed by atoms with Crippen LogP contribution in [0.2, 0.25) is 5.15 Å². The van der Waals surface area contributed by atoms with Crippen LogP contribution in [0.5, 0.6) is 5.88 Å². The minimum Gasteiger partial charge on any atom is -0.477 e. The highest BCUT2D eigenvalue weighted by Crippen LogP contribution is 2.60. The largest absolute Gasteiger partial charge is 0.477 e. The summed E-state index contributed by atoms with van der Waals surface area (Å²) in [6, 6.07) is 5.47. The van der Waals surface area contributed by atoms with Crippen molar-refractivity contribution in [3.05, 3.63) is 47.4 Å². The molecule has 1 saturated heterocycles. The molecule has 50 heavy (non-hydrogen) atoms. The van der Waals surface area contributed by atoms with Crippen LogP contribution in [-0.4, -0.2) is 80.3 Å². The number of alkyl halides is 3. The number of sulfonamides is 1. The van der Waals surface area contributed by atoms with E-state index in [0.717, 1.165) is 6.42 Å². The zero-order valence-electron chi connectivity index (χ0n) is 28.5. The Morgan fingerprint density at radius 3 is 2.44 bits per heavy atom. The summed E-state index contributed by atoms with van der Waals surface area (Å²) in [5.41, 5.74) is -2.81. The summed E-state index contributed by atoms with van der Waals surface area (Å²) >= 11 is 6.25. The first-order chi connectivity index (χ1) is 23.2. The van der Waals surface area contributed by atoms with Gasteiger partial charge in [0, 0.05) is 37.1 Å². The molecule has 5 rings (SSSR count). The number of hydrogen-bond donors (Lipinski definition) is 1. The van der Waals surface area contributed by atoms with Gasteiger partial charge >= 0.3 is 12.3 Å². The van der Waals surface area contributed by atoms with Gasteiger partial charge in [-0.2, -0.15) is 26.7 Å². The molecule has 1 saturated carbocycles. The van der Waals surface area contributed by atoms with Gasteiger partial charge in [-0.25, -0.2) is 19.2 Å². The SMILES string of the molecule is CC(C)(C)OC(=O)N1CC(CCn2ccc(S(=O)(=O)NC(=O)c3ccc(-n4ccc(OCCCC5(C(F)(F)F)CC5)n4)nc3Cl)n2)CC1(C)C. The Hall–Kier alpha value is -3.86. The molecule has 274 valence electrons. The summed E-state index contributed by atoms with van der Waals surface area (Å²) in [7, 11) is -4.36. The number of rotatable bonds is 12. The van der Waals surface area contributed by atoms with Crippen molar-refractivity contribution < 1.29 is 40.7 Å². The van der Waals surface area contributed by atoms with Gasteiger partial charge in [0.05, 0.1) is 17.6 Å². The topological polar surface area (TPSA) is 151 Å². The van der Waals surface area contributed by atoms with E-state index in [1.54, 1.807) is 4.90 Å². The van der Waals surface area contributed by atoms with Gasteiger partial charge in [-0.1, -0.05) is 11.6 Å². The van der Waals surface area contributed by atoms with E-state index in [4.69, 9.17) is 21.1 Å². The fourth-order valence-electron chi connectivity index (χ4n) is 6.02. The molecule has 2 aliphatic rings. The number of nitrogens with one attached hydrogen (secondary N) is 1. The van der Waals surface area contributed by atoms with E-state index in [1.807, 2.05) is 39.3 Å². The van der Waals surface area contributed by atoms with E-state index in [1.165, 1.54) is 46.0 Å². The van der Waals surface area contributed by atoms with E-state index < -0.39 is 38.7 Å². The van der Waals surface area contributed by atoms with Gasteiger partial charge in [0.1, 0.15) is 10.8 Å². The molecule has 1 N–H and O–H groups in total. The number of carbonyl (C=O) groups excluding carboxylic acids is 2. The fraction of sp³-hybridized carbons (Fsp3) is 0.594. The number of aromatic nitrogens is 5. The van der Waals surface area contributed by atoms with E-state index in [2.05, 4.69) is 15.2 Å². The monoisotopic (exact) mass is 743 g/mol. The summed E-state index contributed by atoms with van der Waals surface area (Å²) in [5.74, 6) is -0.513. The third kappa shape index (κ3) is 8.71. The number of pyridine rings is 1. The van der Waals surface area contributed by atoms with E-state index in [9.17, 15) is 31.2 Å². The highest BCUT2D eigenvalue weighted by atomic mass is 35.5. The third-order valence-electron chi connectivity index (χ3n) is 8.84. The standard InChI is InChI=1S/C32H41ClF3N7O6S/c1-29(2,3)49-28(45)42-20-21(19-30(42,4)5)9-15-41-16-11-25(39-41)50(46,47)40-27(44)22-7-8-23(37-26(22)33)43-17-10-24(38-43)48-18-6-12-31(13-14-31)32(34,35)36/h7-8,10-11,16-17,21H,6,9,12-15,18-20H2,1-5H3,(H,40,44). The molecule has 1 aliphatic carbocycles. The number of ether oxygens (including phenoxy) is 2. The molecule has 3 aromatic rings. The van der Waals surface area contributed by atoms with Crippen molar-refractivity contribution in [2.75, 3.05) is 13.2 Å². The molecule has 1 atom stereocenters. The molecule has 0 bridgehead atoms. The maximum absolute atomic E-state index is 13.1. The first kappa shape index (κ1) is 37.4. The average molecular weight is 744 g/mol. The zero-order valence-corrected chi connectivity index (χ0v) is 30.0. The second-order valence-electron chi connectivity index (χ2n) is 14.5. The second kappa shape index (κ2) is 13.7. The number of likely N-dealkylation sites (tertiary alicyclic amines) is 1. The van der Waals surface area contributed by atoms with Gasteiger partial charge in [-0.3, -0.25) is 9.48 Å². The molecule has 0 radical (unpaired) electrons. The summed E-state index contributed by atoms with van der Waals surface area (Å²) in [4.78, 5) is 31.5. The minimum atomic E-state index is -4.36. The molecule has 1 aliphatic heterocycles. The smallest absolute Gasteiger partial charge is 0.410 e. The van der Waals surface area contributed by atoms with Crippen molar-refractivity contribution >= 4 is 33.6 Å². The van der Waals surface area contributed by atoms with Crippen molar-refractivity contribution in [3.8, 4) is 11.7 Å². The summed E-state index contributed by atoms with van der Waals surface area (Å²) in [5, 5.41) is 7.69. The van der Waals surface area contributed by atoms with Crippen LogP contribution in [0.25, 0.3) is 5.82 Å². The van der Waals surface area contributed by atoms with Crippen molar-refractivity contribution in [1.29, 1.82) is 0 Å². The number of halogens is 4. The van der Waals surface area contributed by atoms with E-state index >= 15 is 0 Å². The normalized spacial score (nSPS) is 18.6. The number of hydrogen-bond acceptors (Lipinski definition) is 9. The minimum absolute atomic E-state index is 0.00771. The lowest BCUT2D eigenvalue weighted by molar-refractivity contribution is -0.189. The van der Waals surface area contributed by atoms with E-state index in [-0.39, 0.29) is 71.7 Å². The molecule has 2 fully saturated rings. The molecule has 2 amide bonds. The van der Waals surface area contributed by atoms with Crippen molar-refractivity contribution in [2.45, 2.75) is 102 Å². The van der Waals surface area contributed by atoms with Crippen LogP contribution in [0.15, 0.2) is 41.7 Å². The Morgan fingerprint density at radius 2 is 1.80 bits per heavy atom. The lowest BCUT2D eigenvalue weighted by Gasteiger charge is -2.33. The highest BCUT2D eigenvalue weighted by Gasteiger charge is 2.62. The molecule has 4 heterocycles. The average Bonchev–Trinajstić information content (AvgIpc) is 3.30. The number of carbonyl (C=O) groups is 2. The molecular weight excluding hydrogens is 703 g/mol. The third-order valence-corrected chi connectivity index (χ3v) is 10.4. The van der Waals surface area contributed by atoms with Gasteiger partial charge < -0.3 is 14.4 Å². The maximum Gasteiger partial charge on any atom is 0.410 e. The van der Waals surface area contributed by atoms with Crippen molar-refractivity contribution in [3.63, 3.8) is 0 Å². The van der Waals surface area contributed by atoms with Gasteiger partial charge in [0.25, 0.3) is 15.9 Å². The maximum atomic E-state index is 13.1. The predicted octanol–water partition coefficient (Wildman–Crippen LogP) is 6.16. The fourth-order valence-corrected chi connectivity index (χ4v) is 7.17. The first-order valence-electron chi connectivity index (χ1n) is 16.2. The summed E-state index contributed by atoms with van der Waals surface area (Å²) in [6.45, 7) is 10.4. The van der Waals surface area contributed by atoms with Crippen LogP contribution in [0, 0.1) is 11.3 Å². The Bertz CT molecular complexity index is 1830. The van der Waals surface area contributed by atoms with Gasteiger partial charge in [-0.15, -0.1) is 5.10 Å². The lowest BCUT2D eigenvalue weighted by Crippen LogP contribution is -2.45. The van der Waals surface area contributed by atoms with Crippen molar-refractivity contribution in [1.82, 2.24) is 34.2 Å². The molecule has 0 aromatic carbocycles. The van der Waals surface area contributed by atoms with Gasteiger partial charge in [0.2, 0.25) is 5.88 Å². The predicted molar refractivity (Wildman–Crippen MR) is 175 cm³/mol. The second-order valence-corrected chi connectivity index (χ2v) is 16.4. The Morgan fingerprint density at radius 1 is 1.08 bits per heavy atom. The molecular formula is C32H41ClF3N7O6S. The van der Waals surface area contributed by atoms with Crippen LogP contribution < -0.4 is 9.46 Å². The van der Waals surface area contributed by atoms with Crippen LogP contribution in [0.4, 0.5) is 18.0 Å². The quantitative estimate of drug-likeness (QED) is 0.170. The summed E-state index contributed by atoms with van der Waals surface area (Å²) in [6.07, 6.45) is 0.290. The lowest BCUT2D eigenvalue weighted by atomic mass is 9.94. The van der Waals surface area contributed by atoms with Gasteiger partial charge in [-0.05, 0) is 97.3 Å². The number of nitrogens with zero attached hydrogens (tertiary/aromatic N) is 6. The summed E-state index contributed by atoms with van der Waals surface area (Å²) < 4.78 is 81.1. The van der Waals surface area contributed by atoms with Gasteiger partial charge in [0.15, 0.2) is 10.8 Å². The molecule has 3 aromatic heterocycles. The number of aryl methyl sites for hydroxylation is 1. The Balaban J connectivity index is 1.13.